The molecule has 2 bridgehead atoms. The van der Waals surface area contributed by atoms with Crippen LogP contribution in [0.4, 0.5) is 11.4 Å². The van der Waals surface area contributed by atoms with Gasteiger partial charge in [0.1, 0.15) is 0 Å². The quantitative estimate of drug-likeness (QED) is 0.728. The first-order valence-corrected chi connectivity index (χ1v) is 10.7. The summed E-state index contributed by atoms with van der Waals surface area (Å²) in [6.45, 7) is 8.32. The first-order chi connectivity index (χ1) is 13.7. The molecule has 0 saturated heterocycles. The molecule has 2 amide bonds. The fourth-order valence-electron chi connectivity index (χ4n) is 4.59. The van der Waals surface area contributed by atoms with Crippen LogP contribution in [0.15, 0.2) is 29.4 Å². The molecule has 0 aliphatic heterocycles. The van der Waals surface area contributed by atoms with Gasteiger partial charge < -0.3 is 10.6 Å². The van der Waals surface area contributed by atoms with Crippen molar-refractivity contribution in [1.29, 1.82) is 0 Å². The first-order valence-electron chi connectivity index (χ1n) is 9.76. The summed E-state index contributed by atoms with van der Waals surface area (Å²) < 4.78 is 0. The highest BCUT2D eigenvalue weighted by Gasteiger charge is 2.61. The SMILES string of the molecule is CC(=O)Nc1ccc(NC(=O)CSc2nnc3c(n2)[C@@]2(C)CC[C@H]3C2(C)C)cc1. The van der Waals surface area contributed by atoms with Crippen molar-refractivity contribution in [2.75, 3.05) is 16.4 Å². The second-order valence-corrected chi connectivity index (χ2v) is 9.51. The lowest BCUT2D eigenvalue weighted by atomic mass is 9.70. The van der Waals surface area contributed by atoms with E-state index in [9.17, 15) is 9.59 Å². The lowest BCUT2D eigenvalue weighted by molar-refractivity contribution is -0.114. The van der Waals surface area contributed by atoms with Crippen LogP contribution in [0.5, 0.6) is 0 Å². The summed E-state index contributed by atoms with van der Waals surface area (Å²) in [5.74, 6) is 0.355. The van der Waals surface area contributed by atoms with E-state index in [2.05, 4.69) is 41.6 Å². The van der Waals surface area contributed by atoms with Gasteiger partial charge >= 0.3 is 0 Å². The Morgan fingerprint density at radius 2 is 1.76 bits per heavy atom. The molecule has 4 rings (SSSR count). The summed E-state index contributed by atoms with van der Waals surface area (Å²) in [5, 5.41) is 14.8. The van der Waals surface area contributed by atoms with Gasteiger partial charge in [-0.2, -0.15) is 5.10 Å². The summed E-state index contributed by atoms with van der Waals surface area (Å²) in [6.07, 6.45) is 2.26. The smallest absolute Gasteiger partial charge is 0.234 e. The van der Waals surface area contributed by atoms with Crippen molar-refractivity contribution < 1.29 is 9.59 Å². The summed E-state index contributed by atoms with van der Waals surface area (Å²) >= 11 is 1.30. The van der Waals surface area contributed by atoms with Crippen LogP contribution in [0.1, 0.15) is 57.8 Å². The van der Waals surface area contributed by atoms with Crippen molar-refractivity contribution >= 4 is 35.0 Å². The number of rotatable bonds is 5. The van der Waals surface area contributed by atoms with E-state index in [0.717, 1.165) is 24.2 Å². The van der Waals surface area contributed by atoms with E-state index in [1.807, 2.05) is 0 Å². The maximum absolute atomic E-state index is 12.3. The van der Waals surface area contributed by atoms with Gasteiger partial charge in [0.05, 0.1) is 17.1 Å². The number of hydrogen-bond donors (Lipinski definition) is 2. The molecule has 2 aliphatic carbocycles. The van der Waals surface area contributed by atoms with Crippen molar-refractivity contribution in [2.45, 2.75) is 57.0 Å². The fourth-order valence-corrected chi connectivity index (χ4v) is 5.18. The van der Waals surface area contributed by atoms with Gasteiger partial charge in [0, 0.05) is 29.6 Å². The number of carbonyl (C=O) groups is 2. The predicted octanol–water partition coefficient (Wildman–Crippen LogP) is 3.74. The highest BCUT2D eigenvalue weighted by atomic mass is 32.2. The van der Waals surface area contributed by atoms with Crippen LogP contribution in [0.25, 0.3) is 0 Å². The molecule has 29 heavy (non-hydrogen) atoms. The van der Waals surface area contributed by atoms with Crippen LogP contribution in [0, 0.1) is 5.41 Å². The van der Waals surface area contributed by atoms with E-state index in [1.54, 1.807) is 24.3 Å². The highest BCUT2D eigenvalue weighted by molar-refractivity contribution is 7.99. The molecule has 2 aliphatic rings. The van der Waals surface area contributed by atoms with Crippen LogP contribution in [-0.2, 0) is 15.0 Å². The van der Waals surface area contributed by atoms with Gasteiger partial charge in [-0.3, -0.25) is 9.59 Å². The monoisotopic (exact) mass is 411 g/mol. The van der Waals surface area contributed by atoms with Crippen molar-refractivity contribution in [3.8, 4) is 0 Å². The molecular weight excluding hydrogens is 386 g/mol. The van der Waals surface area contributed by atoms with Crippen LogP contribution in [0.3, 0.4) is 0 Å². The number of nitrogens with zero attached hydrogens (tertiary/aromatic N) is 3. The molecule has 2 atom stereocenters. The number of carbonyl (C=O) groups excluding carboxylic acids is 2. The first kappa shape index (κ1) is 19.8. The Hall–Kier alpha value is -2.48. The Labute approximate surface area is 174 Å². The average Bonchev–Trinajstić information content (AvgIpc) is 3.00. The largest absolute Gasteiger partial charge is 0.326 e. The second kappa shape index (κ2) is 7.09. The van der Waals surface area contributed by atoms with Crippen molar-refractivity contribution in [3.63, 3.8) is 0 Å². The number of nitrogens with one attached hydrogen (secondary N) is 2. The number of hydrogen-bond acceptors (Lipinski definition) is 6. The third-order valence-electron chi connectivity index (χ3n) is 6.59. The minimum atomic E-state index is -0.139. The average molecular weight is 412 g/mol. The van der Waals surface area contributed by atoms with Gasteiger partial charge in [-0.05, 0) is 42.5 Å². The van der Waals surface area contributed by atoms with Crippen molar-refractivity contribution in [1.82, 2.24) is 15.2 Å². The number of aromatic nitrogens is 3. The van der Waals surface area contributed by atoms with Crippen LogP contribution in [-0.4, -0.2) is 32.7 Å². The fraction of sp³-hybridized carbons (Fsp3) is 0.476. The minimum absolute atomic E-state index is 0.0240. The molecule has 0 unspecified atom stereocenters. The van der Waals surface area contributed by atoms with Gasteiger partial charge in [-0.1, -0.05) is 32.5 Å². The molecule has 2 N–H and O–H groups in total. The van der Waals surface area contributed by atoms with Gasteiger partial charge in [-0.25, -0.2) is 4.98 Å². The maximum atomic E-state index is 12.3. The Bertz CT molecular complexity index is 976. The Morgan fingerprint density at radius 1 is 1.10 bits per heavy atom. The molecule has 1 fully saturated rings. The maximum Gasteiger partial charge on any atom is 0.234 e. The van der Waals surface area contributed by atoms with Crippen LogP contribution >= 0.6 is 11.8 Å². The summed E-state index contributed by atoms with van der Waals surface area (Å²) in [5.41, 5.74) is 3.62. The van der Waals surface area contributed by atoms with Gasteiger partial charge in [0.2, 0.25) is 17.0 Å². The van der Waals surface area contributed by atoms with E-state index in [-0.39, 0.29) is 28.4 Å². The lowest BCUT2D eigenvalue weighted by Crippen LogP contribution is -2.32. The van der Waals surface area contributed by atoms with E-state index >= 15 is 0 Å². The van der Waals surface area contributed by atoms with Gasteiger partial charge in [-0.15, -0.1) is 5.10 Å². The molecular formula is C21H25N5O2S. The summed E-state index contributed by atoms with van der Waals surface area (Å²) in [7, 11) is 0. The standard InChI is InChI=1S/C21H25N5O2S/c1-12(27)22-13-5-7-14(8-6-13)23-16(28)11-29-19-24-18-17(25-26-19)15-9-10-21(18,4)20(15,2)3/h5-8,15H,9-11H2,1-4H3,(H,22,27)(H,23,28)/t15-,21-/m1/s1. The zero-order valence-electron chi connectivity index (χ0n) is 17.1. The Morgan fingerprint density at radius 3 is 2.41 bits per heavy atom. The predicted molar refractivity (Wildman–Crippen MR) is 113 cm³/mol. The second-order valence-electron chi connectivity index (χ2n) is 8.57. The van der Waals surface area contributed by atoms with Crippen molar-refractivity contribution in [2.24, 2.45) is 5.41 Å². The molecule has 1 heterocycles. The molecule has 8 heteroatoms. The zero-order valence-corrected chi connectivity index (χ0v) is 17.9. The molecule has 7 nitrogen and oxygen atoms in total. The highest BCUT2D eigenvalue weighted by Crippen LogP contribution is 2.66. The minimum Gasteiger partial charge on any atom is -0.326 e. The van der Waals surface area contributed by atoms with E-state index in [0.29, 0.717) is 22.4 Å². The lowest BCUT2D eigenvalue weighted by Gasteiger charge is -2.33. The van der Waals surface area contributed by atoms with Gasteiger partial charge in [0.25, 0.3) is 0 Å². The Balaban J connectivity index is 1.38. The topological polar surface area (TPSA) is 96.9 Å². The zero-order chi connectivity index (χ0) is 20.8. The number of anilines is 2. The third-order valence-corrected chi connectivity index (χ3v) is 7.43. The van der Waals surface area contributed by atoms with Crippen LogP contribution in [0.2, 0.25) is 0 Å². The molecule has 1 saturated carbocycles. The number of fused-ring (bicyclic) bond motifs is 5. The number of thioether (sulfide) groups is 1. The van der Waals surface area contributed by atoms with Crippen molar-refractivity contribution in [3.05, 3.63) is 35.7 Å². The van der Waals surface area contributed by atoms with E-state index in [1.165, 1.54) is 18.7 Å². The van der Waals surface area contributed by atoms with Gasteiger partial charge in [0.15, 0.2) is 0 Å². The number of amides is 2. The Kier molecular flexibility index (Phi) is 4.85. The normalized spacial score (nSPS) is 23.5. The third kappa shape index (κ3) is 3.39. The molecule has 1 aromatic carbocycles. The number of benzene rings is 1. The van der Waals surface area contributed by atoms with E-state index in [4.69, 9.17) is 4.98 Å². The molecule has 2 aromatic rings. The molecule has 0 radical (unpaired) electrons. The molecule has 152 valence electrons. The summed E-state index contributed by atoms with van der Waals surface area (Å²) in [4.78, 5) is 28.2. The molecule has 0 spiro atoms. The summed E-state index contributed by atoms with van der Waals surface area (Å²) in [6, 6.07) is 6.99. The molecule has 1 aromatic heterocycles. The van der Waals surface area contributed by atoms with E-state index < -0.39 is 0 Å². The van der Waals surface area contributed by atoms with Crippen LogP contribution < -0.4 is 10.6 Å².